The van der Waals surface area contributed by atoms with Crippen molar-refractivity contribution in [2.24, 2.45) is 0 Å². The molecule has 0 amide bonds. The van der Waals surface area contributed by atoms with Gasteiger partial charge in [0.05, 0.1) is 12.7 Å². The highest BCUT2D eigenvalue weighted by atomic mass is 16.5. The van der Waals surface area contributed by atoms with Gasteiger partial charge in [0.25, 0.3) is 0 Å². The van der Waals surface area contributed by atoms with Crippen LogP contribution >= 0.6 is 0 Å². The number of hydrogen-bond acceptors (Lipinski definition) is 3. The molecule has 1 N–H and O–H groups in total. The molecule has 0 atom stereocenters. The van der Waals surface area contributed by atoms with Gasteiger partial charge in [-0.3, -0.25) is 0 Å². The first-order valence-electron chi connectivity index (χ1n) is 5.52. The lowest BCUT2D eigenvalue weighted by Crippen LogP contribution is -2.44. The molecule has 0 saturated carbocycles. The van der Waals surface area contributed by atoms with Crippen LogP contribution in [0.5, 0.6) is 0 Å². The SMILES string of the molecule is CN(C)C(C)(C)COC1CCNCC1. The highest BCUT2D eigenvalue weighted by molar-refractivity contribution is 4.78. The monoisotopic (exact) mass is 200 g/mol. The lowest BCUT2D eigenvalue weighted by Gasteiger charge is -2.34. The Bertz CT molecular complexity index is 163. The molecular weight excluding hydrogens is 176 g/mol. The second-order valence-corrected chi connectivity index (χ2v) is 4.97. The Morgan fingerprint density at radius 3 is 2.36 bits per heavy atom. The maximum Gasteiger partial charge on any atom is 0.0648 e. The fourth-order valence-corrected chi connectivity index (χ4v) is 1.41. The van der Waals surface area contributed by atoms with Crippen molar-refractivity contribution in [1.82, 2.24) is 10.2 Å². The molecule has 0 spiro atoms. The van der Waals surface area contributed by atoms with Crippen molar-refractivity contribution in [3.8, 4) is 0 Å². The molecule has 3 heteroatoms. The Kier molecular flexibility index (Phi) is 4.35. The Morgan fingerprint density at radius 1 is 1.29 bits per heavy atom. The van der Waals surface area contributed by atoms with Gasteiger partial charge in [-0.15, -0.1) is 0 Å². The predicted molar refractivity (Wildman–Crippen MR) is 59.6 cm³/mol. The summed E-state index contributed by atoms with van der Waals surface area (Å²) >= 11 is 0. The van der Waals surface area contributed by atoms with E-state index in [1.165, 1.54) is 0 Å². The van der Waals surface area contributed by atoms with E-state index in [2.05, 4.69) is 38.2 Å². The maximum absolute atomic E-state index is 5.93. The Hall–Kier alpha value is -0.120. The van der Waals surface area contributed by atoms with Gasteiger partial charge in [-0.25, -0.2) is 0 Å². The van der Waals surface area contributed by atoms with Gasteiger partial charge in [0, 0.05) is 5.54 Å². The fourth-order valence-electron chi connectivity index (χ4n) is 1.41. The molecule has 1 aliphatic heterocycles. The maximum atomic E-state index is 5.93. The fraction of sp³-hybridized carbons (Fsp3) is 1.00. The van der Waals surface area contributed by atoms with E-state index in [0.29, 0.717) is 6.10 Å². The molecule has 0 aromatic rings. The first kappa shape index (κ1) is 12.0. The number of ether oxygens (including phenoxy) is 1. The average molecular weight is 200 g/mol. The third kappa shape index (κ3) is 3.56. The van der Waals surface area contributed by atoms with Crippen LogP contribution in [0.15, 0.2) is 0 Å². The molecule has 0 aromatic carbocycles. The van der Waals surface area contributed by atoms with E-state index < -0.39 is 0 Å². The van der Waals surface area contributed by atoms with Crippen LogP contribution in [0, 0.1) is 0 Å². The van der Waals surface area contributed by atoms with E-state index in [4.69, 9.17) is 4.74 Å². The van der Waals surface area contributed by atoms with E-state index in [-0.39, 0.29) is 5.54 Å². The van der Waals surface area contributed by atoms with E-state index in [1.54, 1.807) is 0 Å². The molecular formula is C11H24N2O. The van der Waals surface area contributed by atoms with Crippen molar-refractivity contribution in [2.75, 3.05) is 33.8 Å². The van der Waals surface area contributed by atoms with Crippen LogP contribution in [0.2, 0.25) is 0 Å². The van der Waals surface area contributed by atoms with Gasteiger partial charge in [-0.1, -0.05) is 0 Å². The van der Waals surface area contributed by atoms with E-state index in [9.17, 15) is 0 Å². The summed E-state index contributed by atoms with van der Waals surface area (Å²) < 4.78 is 5.93. The molecule has 0 aromatic heterocycles. The van der Waals surface area contributed by atoms with Crippen LogP contribution in [0.3, 0.4) is 0 Å². The molecule has 1 saturated heterocycles. The first-order chi connectivity index (χ1) is 6.52. The summed E-state index contributed by atoms with van der Waals surface area (Å²) in [4.78, 5) is 2.22. The van der Waals surface area contributed by atoms with E-state index in [0.717, 1.165) is 32.5 Å². The second kappa shape index (κ2) is 5.10. The molecule has 1 fully saturated rings. The smallest absolute Gasteiger partial charge is 0.0648 e. The summed E-state index contributed by atoms with van der Waals surface area (Å²) in [6.45, 7) is 7.47. The molecule has 0 bridgehead atoms. The van der Waals surface area contributed by atoms with Gasteiger partial charge in [0.15, 0.2) is 0 Å². The number of piperidine rings is 1. The first-order valence-corrected chi connectivity index (χ1v) is 5.52. The minimum absolute atomic E-state index is 0.144. The van der Waals surface area contributed by atoms with Gasteiger partial charge in [0.1, 0.15) is 0 Å². The topological polar surface area (TPSA) is 24.5 Å². The van der Waals surface area contributed by atoms with Crippen molar-refractivity contribution in [2.45, 2.75) is 38.3 Å². The highest BCUT2D eigenvalue weighted by Crippen LogP contribution is 2.14. The average Bonchev–Trinajstić information content (AvgIpc) is 2.16. The van der Waals surface area contributed by atoms with Crippen LogP contribution in [0.25, 0.3) is 0 Å². The molecule has 14 heavy (non-hydrogen) atoms. The predicted octanol–water partition coefficient (Wildman–Crippen LogP) is 1.10. The lowest BCUT2D eigenvalue weighted by molar-refractivity contribution is -0.0231. The summed E-state index contributed by atoms with van der Waals surface area (Å²) in [5, 5.41) is 3.34. The van der Waals surface area contributed by atoms with Crippen LogP contribution < -0.4 is 5.32 Å². The number of nitrogens with zero attached hydrogens (tertiary/aromatic N) is 1. The summed E-state index contributed by atoms with van der Waals surface area (Å²) in [6, 6.07) is 0. The number of hydrogen-bond donors (Lipinski definition) is 1. The number of rotatable bonds is 4. The molecule has 0 unspecified atom stereocenters. The zero-order valence-corrected chi connectivity index (χ0v) is 9.97. The molecule has 1 rings (SSSR count). The van der Waals surface area contributed by atoms with Crippen molar-refractivity contribution in [3.05, 3.63) is 0 Å². The Labute approximate surface area is 87.8 Å². The number of nitrogens with one attached hydrogen (secondary N) is 1. The third-order valence-electron chi connectivity index (χ3n) is 3.17. The van der Waals surface area contributed by atoms with Crippen molar-refractivity contribution >= 4 is 0 Å². The molecule has 0 radical (unpaired) electrons. The molecule has 84 valence electrons. The van der Waals surface area contributed by atoms with Crippen molar-refractivity contribution in [1.29, 1.82) is 0 Å². The quantitative estimate of drug-likeness (QED) is 0.735. The third-order valence-corrected chi connectivity index (χ3v) is 3.17. The zero-order valence-electron chi connectivity index (χ0n) is 9.97. The van der Waals surface area contributed by atoms with Gasteiger partial charge in [0.2, 0.25) is 0 Å². The van der Waals surface area contributed by atoms with Crippen molar-refractivity contribution in [3.63, 3.8) is 0 Å². The minimum atomic E-state index is 0.144. The molecule has 1 heterocycles. The van der Waals surface area contributed by atoms with Gasteiger partial charge in [-0.2, -0.15) is 0 Å². The van der Waals surface area contributed by atoms with E-state index in [1.807, 2.05) is 0 Å². The Morgan fingerprint density at radius 2 is 1.86 bits per heavy atom. The van der Waals surface area contributed by atoms with Crippen LogP contribution in [0.1, 0.15) is 26.7 Å². The minimum Gasteiger partial charge on any atom is -0.376 e. The van der Waals surface area contributed by atoms with Gasteiger partial charge < -0.3 is 15.0 Å². The Balaban J connectivity index is 2.24. The summed E-state index contributed by atoms with van der Waals surface area (Å²) in [6.07, 6.45) is 2.78. The summed E-state index contributed by atoms with van der Waals surface area (Å²) in [7, 11) is 4.21. The van der Waals surface area contributed by atoms with Crippen LogP contribution in [-0.2, 0) is 4.74 Å². The lowest BCUT2D eigenvalue weighted by atomic mass is 10.1. The van der Waals surface area contributed by atoms with Gasteiger partial charge in [-0.05, 0) is 53.9 Å². The van der Waals surface area contributed by atoms with E-state index >= 15 is 0 Å². The normalized spacial score (nSPS) is 20.4. The molecule has 1 aliphatic rings. The standard InChI is InChI=1S/C11H24N2O/c1-11(2,13(3)4)9-14-10-5-7-12-8-6-10/h10,12H,5-9H2,1-4H3. The summed E-state index contributed by atoms with van der Waals surface area (Å²) in [5.41, 5.74) is 0.144. The van der Waals surface area contributed by atoms with Crippen molar-refractivity contribution < 1.29 is 4.74 Å². The molecule has 3 nitrogen and oxygen atoms in total. The summed E-state index contributed by atoms with van der Waals surface area (Å²) in [5.74, 6) is 0. The largest absolute Gasteiger partial charge is 0.376 e. The highest BCUT2D eigenvalue weighted by Gasteiger charge is 2.23. The second-order valence-electron chi connectivity index (χ2n) is 4.97. The van der Waals surface area contributed by atoms with Crippen LogP contribution in [-0.4, -0.2) is 50.3 Å². The molecule has 0 aliphatic carbocycles. The van der Waals surface area contributed by atoms with Crippen LogP contribution in [0.4, 0.5) is 0 Å². The number of likely N-dealkylation sites (N-methyl/N-ethyl adjacent to an activating group) is 1. The zero-order chi connectivity index (χ0) is 10.6. The van der Waals surface area contributed by atoms with Gasteiger partial charge >= 0.3 is 0 Å².